The van der Waals surface area contributed by atoms with Gasteiger partial charge in [0.15, 0.2) is 0 Å². The number of allylic oxidation sites excluding steroid dienone is 1. The van der Waals surface area contributed by atoms with Gasteiger partial charge >= 0.3 is 0 Å². The van der Waals surface area contributed by atoms with Gasteiger partial charge in [-0.15, -0.1) is 0 Å². The van der Waals surface area contributed by atoms with Crippen LogP contribution in [0.5, 0.6) is 0 Å². The normalized spacial score (nSPS) is 13.3. The molecular formula is C26H22N4O. The van der Waals surface area contributed by atoms with Crippen molar-refractivity contribution in [2.24, 2.45) is 5.10 Å². The number of H-pyrrole nitrogens is 1. The summed E-state index contributed by atoms with van der Waals surface area (Å²) in [5, 5.41) is 13.8. The predicted molar refractivity (Wildman–Crippen MR) is 125 cm³/mol. The number of carbonyl (C=O) groups excluding carboxylic acids is 1. The van der Waals surface area contributed by atoms with Crippen molar-refractivity contribution in [3.8, 4) is 11.3 Å². The number of aromatic amines is 1. The topological polar surface area (TPSA) is 70.1 Å². The molecule has 1 aliphatic rings. The van der Waals surface area contributed by atoms with Gasteiger partial charge in [0.2, 0.25) is 0 Å². The minimum atomic E-state index is -0.326. The van der Waals surface area contributed by atoms with E-state index in [-0.39, 0.29) is 5.91 Å². The number of carbonyl (C=O) groups is 1. The number of benzene rings is 3. The van der Waals surface area contributed by atoms with Gasteiger partial charge in [0.05, 0.1) is 11.9 Å². The monoisotopic (exact) mass is 406 g/mol. The summed E-state index contributed by atoms with van der Waals surface area (Å²) in [4.78, 5) is 12.5. The molecule has 31 heavy (non-hydrogen) atoms. The highest BCUT2D eigenvalue weighted by Crippen LogP contribution is 2.36. The molecule has 0 bridgehead atoms. The van der Waals surface area contributed by atoms with Crippen LogP contribution in [-0.4, -0.2) is 22.3 Å². The molecule has 0 fully saturated rings. The summed E-state index contributed by atoms with van der Waals surface area (Å²) in [6, 6.07) is 22.4. The Morgan fingerprint density at radius 2 is 1.84 bits per heavy atom. The van der Waals surface area contributed by atoms with E-state index in [1.807, 2.05) is 43.3 Å². The van der Waals surface area contributed by atoms with E-state index in [1.165, 1.54) is 21.9 Å². The highest BCUT2D eigenvalue weighted by molar-refractivity contribution is 6.02. The number of rotatable bonds is 5. The Balaban J connectivity index is 1.33. The molecule has 1 aromatic heterocycles. The average Bonchev–Trinajstić information content (AvgIpc) is 3.44. The Hall–Kier alpha value is -3.99. The first-order valence-electron chi connectivity index (χ1n) is 10.3. The van der Waals surface area contributed by atoms with Gasteiger partial charge in [0.1, 0.15) is 5.69 Å². The van der Waals surface area contributed by atoms with Crippen molar-refractivity contribution in [1.29, 1.82) is 0 Å². The molecule has 1 heterocycles. The van der Waals surface area contributed by atoms with E-state index < -0.39 is 0 Å². The lowest BCUT2D eigenvalue weighted by Crippen LogP contribution is -2.17. The van der Waals surface area contributed by atoms with Gasteiger partial charge in [-0.2, -0.15) is 10.2 Å². The Kier molecular flexibility index (Phi) is 4.92. The third-order valence-corrected chi connectivity index (χ3v) is 5.60. The number of nitrogens with zero attached hydrogens (tertiary/aromatic N) is 2. The third kappa shape index (κ3) is 3.78. The van der Waals surface area contributed by atoms with Crippen molar-refractivity contribution in [3.05, 3.63) is 94.7 Å². The van der Waals surface area contributed by atoms with E-state index in [2.05, 4.69) is 51.1 Å². The molecule has 3 aromatic carbocycles. The van der Waals surface area contributed by atoms with Gasteiger partial charge in [-0.25, -0.2) is 5.43 Å². The second-order valence-electron chi connectivity index (χ2n) is 7.78. The molecule has 1 amide bonds. The van der Waals surface area contributed by atoms with Crippen LogP contribution in [0.4, 0.5) is 0 Å². The Morgan fingerprint density at radius 3 is 2.68 bits per heavy atom. The number of hydrogen-bond acceptors (Lipinski definition) is 3. The highest BCUT2D eigenvalue weighted by Gasteiger charge is 2.18. The van der Waals surface area contributed by atoms with Crippen LogP contribution in [0.25, 0.3) is 28.1 Å². The lowest BCUT2D eigenvalue weighted by molar-refractivity contribution is 0.0950. The lowest BCUT2D eigenvalue weighted by atomic mass is 9.98. The Bertz CT molecular complexity index is 1320. The predicted octanol–water partition coefficient (Wildman–Crippen LogP) is 5.15. The summed E-state index contributed by atoms with van der Waals surface area (Å²) in [7, 11) is 0. The lowest BCUT2D eigenvalue weighted by Gasteiger charge is -2.06. The first kappa shape index (κ1) is 19.0. The fourth-order valence-electron chi connectivity index (χ4n) is 4.15. The van der Waals surface area contributed by atoms with Crippen molar-refractivity contribution >= 4 is 29.0 Å². The molecular weight excluding hydrogens is 384 g/mol. The zero-order valence-electron chi connectivity index (χ0n) is 17.2. The second-order valence-corrected chi connectivity index (χ2v) is 7.78. The van der Waals surface area contributed by atoms with E-state index in [0.29, 0.717) is 5.69 Å². The van der Waals surface area contributed by atoms with E-state index in [9.17, 15) is 4.79 Å². The maximum absolute atomic E-state index is 12.5. The molecule has 1 aliphatic carbocycles. The smallest absolute Gasteiger partial charge is 0.272 e. The molecule has 0 saturated carbocycles. The van der Waals surface area contributed by atoms with Crippen molar-refractivity contribution in [3.63, 3.8) is 0 Å². The van der Waals surface area contributed by atoms with Crippen LogP contribution < -0.4 is 5.43 Å². The van der Waals surface area contributed by atoms with Gasteiger partial charge in [-0.05, 0) is 58.9 Å². The van der Waals surface area contributed by atoms with Crippen LogP contribution in [0.3, 0.4) is 0 Å². The van der Waals surface area contributed by atoms with Gasteiger partial charge in [0, 0.05) is 5.56 Å². The standard InChI is InChI=1S/C26H22N4O/c1-17(14-18-6-3-2-4-7-18)16-27-30-26(31)24-15-23(28-29-24)21-13-12-20-11-10-19-8-5-9-22(21)25(19)20/h2-9,12-16H,10-11H2,1H3,(H,28,29)(H,30,31)/b17-14+,27-16-. The van der Waals surface area contributed by atoms with Gasteiger partial charge in [-0.3, -0.25) is 9.89 Å². The summed E-state index contributed by atoms with van der Waals surface area (Å²) < 4.78 is 0. The summed E-state index contributed by atoms with van der Waals surface area (Å²) >= 11 is 0. The van der Waals surface area contributed by atoms with Crippen LogP contribution in [-0.2, 0) is 12.8 Å². The zero-order chi connectivity index (χ0) is 21.2. The summed E-state index contributed by atoms with van der Waals surface area (Å²) in [6.45, 7) is 1.94. The molecule has 0 saturated heterocycles. The number of aromatic nitrogens is 2. The minimum absolute atomic E-state index is 0.326. The van der Waals surface area contributed by atoms with E-state index in [4.69, 9.17) is 0 Å². The Morgan fingerprint density at radius 1 is 1.03 bits per heavy atom. The molecule has 5 rings (SSSR count). The number of nitrogens with one attached hydrogen (secondary N) is 2. The molecule has 0 unspecified atom stereocenters. The fourth-order valence-corrected chi connectivity index (χ4v) is 4.15. The van der Waals surface area contributed by atoms with Crippen molar-refractivity contribution in [2.45, 2.75) is 19.8 Å². The molecule has 152 valence electrons. The van der Waals surface area contributed by atoms with Crippen molar-refractivity contribution < 1.29 is 4.79 Å². The molecule has 5 heteroatoms. The molecule has 4 aromatic rings. The van der Waals surface area contributed by atoms with E-state index >= 15 is 0 Å². The largest absolute Gasteiger partial charge is 0.289 e. The molecule has 0 radical (unpaired) electrons. The van der Waals surface area contributed by atoms with Crippen LogP contribution in [0.15, 0.2) is 77.4 Å². The van der Waals surface area contributed by atoms with Gasteiger partial charge < -0.3 is 0 Å². The van der Waals surface area contributed by atoms with Crippen molar-refractivity contribution in [2.75, 3.05) is 0 Å². The number of aryl methyl sites for hydroxylation is 2. The van der Waals surface area contributed by atoms with E-state index in [1.54, 1.807) is 12.3 Å². The molecule has 0 atom stereocenters. The maximum Gasteiger partial charge on any atom is 0.289 e. The Labute approximate surface area is 180 Å². The minimum Gasteiger partial charge on any atom is -0.272 e. The zero-order valence-corrected chi connectivity index (χ0v) is 17.2. The van der Waals surface area contributed by atoms with Crippen LogP contribution in [0, 0.1) is 0 Å². The van der Waals surface area contributed by atoms with Crippen LogP contribution in [0.2, 0.25) is 0 Å². The summed E-state index contributed by atoms with van der Waals surface area (Å²) in [5.74, 6) is -0.326. The molecule has 2 N–H and O–H groups in total. The average molecular weight is 406 g/mol. The molecule has 0 aliphatic heterocycles. The summed E-state index contributed by atoms with van der Waals surface area (Å²) in [5.41, 5.74) is 9.51. The number of hydrazone groups is 1. The van der Waals surface area contributed by atoms with Gasteiger partial charge in [-0.1, -0.05) is 66.7 Å². The van der Waals surface area contributed by atoms with Gasteiger partial charge in [0.25, 0.3) is 5.91 Å². The van der Waals surface area contributed by atoms with Crippen LogP contribution in [0.1, 0.15) is 34.1 Å². The quantitative estimate of drug-likeness (QED) is 0.356. The second kappa shape index (κ2) is 8.03. The SMILES string of the molecule is CC(/C=N\NC(=O)c1cc(-c2ccc3c4c(cccc24)CC3)n[nH]1)=C\c1ccccc1. The highest BCUT2D eigenvalue weighted by atomic mass is 16.2. The number of hydrogen-bond donors (Lipinski definition) is 2. The first-order valence-corrected chi connectivity index (χ1v) is 10.3. The third-order valence-electron chi connectivity index (χ3n) is 5.60. The molecule has 0 spiro atoms. The molecule has 5 nitrogen and oxygen atoms in total. The fraction of sp³-hybridized carbons (Fsp3) is 0.115. The van der Waals surface area contributed by atoms with E-state index in [0.717, 1.165) is 35.2 Å². The van der Waals surface area contributed by atoms with Crippen LogP contribution >= 0.6 is 0 Å². The number of amides is 1. The summed E-state index contributed by atoms with van der Waals surface area (Å²) in [6.07, 6.45) is 5.80. The van der Waals surface area contributed by atoms with Crippen molar-refractivity contribution in [1.82, 2.24) is 15.6 Å². The maximum atomic E-state index is 12.5. The first-order chi connectivity index (χ1) is 15.2.